The monoisotopic (exact) mass is 343 g/mol. The number of rotatable bonds is 4. The third kappa shape index (κ3) is 3.13. The molecule has 0 aromatic carbocycles. The molecule has 5 nitrogen and oxygen atoms in total. The Hall–Kier alpha value is -1.44. The van der Waals surface area contributed by atoms with E-state index < -0.39 is 5.92 Å². The van der Waals surface area contributed by atoms with Gasteiger partial charge in [-0.1, -0.05) is 11.8 Å². The molecule has 2 heterocycles. The molecule has 0 bridgehead atoms. The molecule has 126 valence electrons. The molecule has 1 aromatic rings. The van der Waals surface area contributed by atoms with Crippen LogP contribution in [0.25, 0.3) is 0 Å². The number of aromatic nitrogens is 2. The Morgan fingerprint density at radius 1 is 1.48 bits per heavy atom. The molecule has 1 unspecified atom stereocenters. The SMILES string of the molecule is COC(=O)CC1CCN(c2nc(SC)nc3c2CCC3(F)F)C1. The summed E-state index contributed by atoms with van der Waals surface area (Å²) in [6, 6.07) is 0. The first kappa shape index (κ1) is 16.4. The fraction of sp³-hybridized carbons (Fsp3) is 0.667. The molecule has 1 aliphatic heterocycles. The number of carbonyl (C=O) groups is 1. The number of methoxy groups -OCH3 is 1. The van der Waals surface area contributed by atoms with E-state index in [1.54, 1.807) is 6.26 Å². The van der Waals surface area contributed by atoms with Gasteiger partial charge in [-0.15, -0.1) is 0 Å². The molecule has 0 radical (unpaired) electrons. The van der Waals surface area contributed by atoms with Gasteiger partial charge in [0.2, 0.25) is 0 Å². The van der Waals surface area contributed by atoms with Gasteiger partial charge < -0.3 is 9.64 Å². The maximum Gasteiger partial charge on any atom is 0.305 e. The minimum absolute atomic E-state index is 0.122. The van der Waals surface area contributed by atoms with Crippen LogP contribution in [-0.4, -0.2) is 42.4 Å². The first-order valence-electron chi connectivity index (χ1n) is 7.59. The molecule has 1 aliphatic carbocycles. The standard InChI is InChI=1S/C15H19F2N3O2S/c1-22-11(21)7-9-4-6-20(8-9)13-10-3-5-15(16,17)12(10)18-14(19-13)23-2/h9H,3-8H2,1-2H3. The van der Waals surface area contributed by atoms with Crippen LogP contribution >= 0.6 is 11.8 Å². The smallest absolute Gasteiger partial charge is 0.305 e. The largest absolute Gasteiger partial charge is 0.469 e. The lowest BCUT2D eigenvalue weighted by molar-refractivity contribution is -0.141. The lowest BCUT2D eigenvalue weighted by Crippen LogP contribution is -2.24. The first-order chi connectivity index (χ1) is 10.9. The molecular formula is C15H19F2N3O2S. The van der Waals surface area contributed by atoms with Gasteiger partial charge in [-0.3, -0.25) is 4.79 Å². The summed E-state index contributed by atoms with van der Waals surface area (Å²) in [5.41, 5.74) is 0.440. The van der Waals surface area contributed by atoms with E-state index in [1.165, 1.54) is 18.9 Å². The van der Waals surface area contributed by atoms with Gasteiger partial charge in [0.25, 0.3) is 5.92 Å². The molecule has 0 saturated carbocycles. The van der Waals surface area contributed by atoms with E-state index in [2.05, 4.69) is 9.97 Å². The van der Waals surface area contributed by atoms with Crippen LogP contribution in [-0.2, 0) is 21.9 Å². The minimum Gasteiger partial charge on any atom is -0.469 e. The number of fused-ring (bicyclic) bond motifs is 1. The van der Waals surface area contributed by atoms with Gasteiger partial charge in [-0.2, -0.15) is 8.78 Å². The van der Waals surface area contributed by atoms with Crippen molar-refractivity contribution in [2.45, 2.75) is 36.8 Å². The van der Waals surface area contributed by atoms with Gasteiger partial charge in [-0.05, 0) is 25.0 Å². The van der Waals surface area contributed by atoms with Crippen molar-refractivity contribution in [3.05, 3.63) is 11.3 Å². The quantitative estimate of drug-likeness (QED) is 0.476. The van der Waals surface area contributed by atoms with E-state index >= 15 is 0 Å². The summed E-state index contributed by atoms with van der Waals surface area (Å²) >= 11 is 1.27. The molecule has 0 amide bonds. The second-order valence-corrected chi connectivity index (χ2v) is 6.72. The number of anilines is 1. The lowest BCUT2D eigenvalue weighted by Gasteiger charge is -2.21. The Morgan fingerprint density at radius 3 is 2.96 bits per heavy atom. The van der Waals surface area contributed by atoms with Gasteiger partial charge >= 0.3 is 5.97 Å². The molecule has 1 saturated heterocycles. The maximum absolute atomic E-state index is 14.0. The van der Waals surface area contributed by atoms with Crippen molar-refractivity contribution in [1.29, 1.82) is 0 Å². The van der Waals surface area contributed by atoms with E-state index in [0.29, 0.717) is 42.5 Å². The molecule has 8 heteroatoms. The fourth-order valence-electron chi connectivity index (χ4n) is 3.25. The topological polar surface area (TPSA) is 55.3 Å². The number of hydrogen-bond donors (Lipinski definition) is 0. The summed E-state index contributed by atoms with van der Waals surface area (Å²) in [6.45, 7) is 1.35. The number of carbonyl (C=O) groups excluding carboxylic acids is 1. The zero-order valence-corrected chi connectivity index (χ0v) is 14.0. The third-order valence-corrected chi connectivity index (χ3v) is 5.00. The number of nitrogens with zero attached hydrogens (tertiary/aromatic N) is 3. The minimum atomic E-state index is -2.87. The normalized spacial score (nSPS) is 22.3. The fourth-order valence-corrected chi connectivity index (χ4v) is 3.61. The van der Waals surface area contributed by atoms with Crippen LogP contribution in [0, 0.1) is 5.92 Å². The zero-order chi connectivity index (χ0) is 16.6. The van der Waals surface area contributed by atoms with Gasteiger partial charge in [0.15, 0.2) is 5.16 Å². The molecule has 1 fully saturated rings. The van der Waals surface area contributed by atoms with Crippen LogP contribution in [0.15, 0.2) is 5.16 Å². The van der Waals surface area contributed by atoms with Crippen molar-refractivity contribution in [2.24, 2.45) is 5.92 Å². The van der Waals surface area contributed by atoms with Gasteiger partial charge in [0, 0.05) is 25.1 Å². The zero-order valence-electron chi connectivity index (χ0n) is 13.1. The summed E-state index contributed by atoms with van der Waals surface area (Å²) in [4.78, 5) is 21.9. The summed E-state index contributed by atoms with van der Waals surface area (Å²) < 4.78 is 32.8. The van der Waals surface area contributed by atoms with Crippen molar-refractivity contribution in [3.63, 3.8) is 0 Å². The predicted molar refractivity (Wildman–Crippen MR) is 83.0 cm³/mol. The molecule has 0 spiro atoms. The van der Waals surface area contributed by atoms with Gasteiger partial charge in [0.05, 0.1) is 13.5 Å². The summed E-state index contributed by atoms with van der Waals surface area (Å²) in [5, 5.41) is 0.372. The number of thioether (sulfide) groups is 1. The molecule has 2 aliphatic rings. The van der Waals surface area contributed by atoms with E-state index in [-0.39, 0.29) is 24.0 Å². The van der Waals surface area contributed by atoms with Crippen LogP contribution in [0.3, 0.4) is 0 Å². The van der Waals surface area contributed by atoms with E-state index in [9.17, 15) is 13.6 Å². The van der Waals surface area contributed by atoms with Gasteiger partial charge in [-0.25, -0.2) is 9.97 Å². The Bertz CT molecular complexity index is 627. The molecule has 23 heavy (non-hydrogen) atoms. The highest BCUT2D eigenvalue weighted by Gasteiger charge is 2.44. The molecular weight excluding hydrogens is 324 g/mol. The highest BCUT2D eigenvalue weighted by molar-refractivity contribution is 7.98. The highest BCUT2D eigenvalue weighted by atomic mass is 32.2. The summed E-state index contributed by atoms with van der Waals surface area (Å²) in [5.74, 6) is -2.32. The Morgan fingerprint density at radius 2 is 2.26 bits per heavy atom. The second-order valence-electron chi connectivity index (χ2n) is 5.95. The number of halogens is 2. The van der Waals surface area contributed by atoms with Crippen LogP contribution in [0.2, 0.25) is 0 Å². The van der Waals surface area contributed by atoms with Gasteiger partial charge in [0.1, 0.15) is 11.5 Å². The molecule has 1 atom stereocenters. The van der Waals surface area contributed by atoms with E-state index in [4.69, 9.17) is 4.74 Å². The van der Waals surface area contributed by atoms with Crippen molar-refractivity contribution < 1.29 is 18.3 Å². The Balaban J connectivity index is 1.86. The van der Waals surface area contributed by atoms with E-state index in [0.717, 1.165) is 6.42 Å². The predicted octanol–water partition coefficient (Wildman–Crippen LogP) is 2.63. The van der Waals surface area contributed by atoms with E-state index in [1.807, 2.05) is 4.90 Å². The lowest BCUT2D eigenvalue weighted by atomic mass is 10.1. The first-order valence-corrected chi connectivity index (χ1v) is 8.82. The molecule has 0 N–H and O–H groups in total. The average molecular weight is 343 g/mol. The van der Waals surface area contributed by atoms with Crippen molar-refractivity contribution in [2.75, 3.05) is 31.4 Å². The van der Waals surface area contributed by atoms with Crippen LogP contribution in [0.1, 0.15) is 30.5 Å². The second kappa shape index (κ2) is 6.22. The van der Waals surface area contributed by atoms with Crippen molar-refractivity contribution in [3.8, 4) is 0 Å². The summed E-state index contributed by atoms with van der Waals surface area (Å²) in [7, 11) is 1.37. The number of hydrogen-bond acceptors (Lipinski definition) is 6. The third-order valence-electron chi connectivity index (χ3n) is 4.45. The number of alkyl halides is 2. The highest BCUT2D eigenvalue weighted by Crippen LogP contribution is 2.44. The Kier molecular flexibility index (Phi) is 4.44. The van der Waals surface area contributed by atoms with Crippen molar-refractivity contribution in [1.82, 2.24) is 9.97 Å². The maximum atomic E-state index is 14.0. The number of ether oxygens (including phenoxy) is 1. The number of esters is 1. The van der Waals surface area contributed by atoms with Crippen LogP contribution in [0.4, 0.5) is 14.6 Å². The molecule has 1 aromatic heterocycles. The van der Waals surface area contributed by atoms with Crippen LogP contribution < -0.4 is 4.90 Å². The van der Waals surface area contributed by atoms with Crippen molar-refractivity contribution >= 4 is 23.5 Å². The average Bonchev–Trinajstić information content (AvgIpc) is 3.11. The summed E-state index contributed by atoms with van der Waals surface area (Å²) in [6.07, 6.45) is 3.05. The molecule has 3 rings (SSSR count). The Labute approximate surface area is 137 Å². The van der Waals surface area contributed by atoms with Crippen LogP contribution in [0.5, 0.6) is 0 Å².